The molecule has 0 aromatic heterocycles. The van der Waals surface area contributed by atoms with Crippen molar-refractivity contribution in [1.82, 2.24) is 0 Å². The molecule has 1 aromatic rings. The molecule has 4 bridgehead atoms. The fraction of sp³-hybridized carbons (Fsp3) is 0.333. The zero-order valence-corrected chi connectivity index (χ0v) is 5.28. The van der Waals surface area contributed by atoms with E-state index in [1.54, 1.807) is 22.3 Å². The largest absolute Gasteiger partial charge is 0.0552 e. The van der Waals surface area contributed by atoms with Crippen molar-refractivity contribution in [3.05, 3.63) is 34.4 Å². The van der Waals surface area contributed by atoms with Gasteiger partial charge in [-0.25, -0.2) is 0 Å². The second kappa shape index (κ2) is 1.06. The van der Waals surface area contributed by atoms with E-state index in [9.17, 15) is 0 Å². The van der Waals surface area contributed by atoms with Gasteiger partial charge in [-0.3, -0.25) is 0 Å². The maximum atomic E-state index is 2.38. The highest BCUT2D eigenvalue weighted by Crippen LogP contribution is 2.35. The van der Waals surface area contributed by atoms with Gasteiger partial charge in [0.1, 0.15) is 0 Å². The van der Waals surface area contributed by atoms with E-state index in [1.807, 2.05) is 0 Å². The van der Waals surface area contributed by atoms with Gasteiger partial charge in [-0.2, -0.15) is 0 Å². The summed E-state index contributed by atoms with van der Waals surface area (Å²) in [5.74, 6) is 0. The van der Waals surface area contributed by atoms with Crippen molar-refractivity contribution in [1.29, 1.82) is 0 Å². The molecule has 0 saturated heterocycles. The van der Waals surface area contributed by atoms with Crippen LogP contribution in [-0.4, -0.2) is 0 Å². The summed E-state index contributed by atoms with van der Waals surface area (Å²) >= 11 is 0. The highest BCUT2D eigenvalue weighted by molar-refractivity contribution is 5.52. The van der Waals surface area contributed by atoms with Crippen LogP contribution in [0.5, 0.6) is 0 Å². The van der Waals surface area contributed by atoms with E-state index >= 15 is 0 Å². The molecule has 0 nitrogen and oxygen atoms in total. The molecule has 0 heterocycles. The van der Waals surface area contributed by atoms with E-state index in [0.717, 1.165) is 0 Å². The van der Waals surface area contributed by atoms with Crippen LogP contribution in [0.15, 0.2) is 12.1 Å². The Morgan fingerprint density at radius 1 is 0.778 bits per heavy atom. The summed E-state index contributed by atoms with van der Waals surface area (Å²) in [5, 5.41) is 0. The molecule has 0 spiro atoms. The van der Waals surface area contributed by atoms with Crippen LogP contribution >= 0.6 is 0 Å². The Morgan fingerprint density at radius 2 is 1.33 bits per heavy atom. The summed E-state index contributed by atoms with van der Waals surface area (Å²) in [6, 6.07) is 4.74. The average Bonchev–Trinajstić information content (AvgIpc) is 2.06. The van der Waals surface area contributed by atoms with Crippen molar-refractivity contribution in [2.24, 2.45) is 0 Å². The van der Waals surface area contributed by atoms with E-state index in [0.29, 0.717) is 0 Å². The third-order valence-electron chi connectivity index (χ3n) is 2.57. The zero-order chi connectivity index (χ0) is 5.84. The van der Waals surface area contributed by atoms with Crippen LogP contribution in [0.25, 0.3) is 0 Å². The van der Waals surface area contributed by atoms with Crippen molar-refractivity contribution in [2.45, 2.75) is 19.3 Å². The summed E-state index contributed by atoms with van der Waals surface area (Å²) in [7, 11) is 0. The minimum atomic E-state index is 1.29. The second-order valence-corrected chi connectivity index (χ2v) is 3.07. The van der Waals surface area contributed by atoms with E-state index in [-0.39, 0.29) is 0 Å². The topological polar surface area (TPSA) is 0 Å². The molecule has 0 unspecified atom stereocenters. The Balaban J connectivity index is 2.50. The molecule has 0 heteroatoms. The molecule has 0 N–H and O–H groups in total. The monoisotopic (exact) mass is 116 g/mol. The molecule has 0 amide bonds. The number of aryl methyl sites for hydroxylation is 2. The Labute approximate surface area is 54.5 Å². The first kappa shape index (κ1) is 4.10. The molecule has 0 radical (unpaired) electrons. The lowest BCUT2D eigenvalue weighted by Crippen LogP contribution is -2.03. The van der Waals surface area contributed by atoms with Crippen molar-refractivity contribution < 1.29 is 0 Å². The highest BCUT2D eigenvalue weighted by Gasteiger charge is 2.22. The highest BCUT2D eigenvalue weighted by atomic mass is 14.3. The fourth-order valence-corrected chi connectivity index (χ4v) is 1.93. The third-order valence-corrected chi connectivity index (χ3v) is 2.57. The lowest BCUT2D eigenvalue weighted by atomic mass is 9.88. The predicted molar refractivity (Wildman–Crippen MR) is 36.7 cm³/mol. The molecule has 1 aromatic carbocycles. The number of hydrogen-bond acceptors (Lipinski definition) is 0. The van der Waals surface area contributed by atoms with Gasteiger partial charge in [-0.05, 0) is 41.5 Å². The normalized spacial score (nSPS) is 17.8. The number of hydrogen-bond donors (Lipinski definition) is 0. The quantitative estimate of drug-likeness (QED) is 0.491. The maximum absolute atomic E-state index is 2.38. The molecule has 0 saturated carbocycles. The molecule has 3 aliphatic rings. The molecule has 4 rings (SSSR count). The number of benzene rings is 1. The van der Waals surface area contributed by atoms with Crippen LogP contribution in [0.1, 0.15) is 22.3 Å². The molecular weight excluding hydrogens is 108 g/mol. The molecule has 0 fully saturated rings. The summed E-state index contributed by atoms with van der Waals surface area (Å²) < 4.78 is 0. The molecule has 0 atom stereocenters. The van der Waals surface area contributed by atoms with Crippen LogP contribution in [0.4, 0.5) is 0 Å². The lowest BCUT2D eigenvalue weighted by molar-refractivity contribution is 1.04. The molecule has 9 heavy (non-hydrogen) atoms. The Bertz CT molecular complexity index is 259. The first-order chi connectivity index (χ1) is 4.43. The Kier molecular flexibility index (Phi) is 0.484. The van der Waals surface area contributed by atoms with Crippen LogP contribution in [0, 0.1) is 0 Å². The van der Waals surface area contributed by atoms with Crippen molar-refractivity contribution in [2.75, 3.05) is 0 Å². The predicted octanol–water partition coefficient (Wildman–Crippen LogP) is 1.69. The minimum absolute atomic E-state index is 1.29. The summed E-state index contributed by atoms with van der Waals surface area (Å²) in [5.41, 5.74) is 6.48. The Hall–Kier alpha value is -0.780. The van der Waals surface area contributed by atoms with Gasteiger partial charge in [-0.15, -0.1) is 0 Å². The van der Waals surface area contributed by atoms with Crippen molar-refractivity contribution in [3.8, 4) is 0 Å². The average molecular weight is 116 g/mol. The van der Waals surface area contributed by atoms with Gasteiger partial charge < -0.3 is 0 Å². The van der Waals surface area contributed by atoms with Gasteiger partial charge in [0.05, 0.1) is 0 Å². The van der Waals surface area contributed by atoms with Gasteiger partial charge in [0.25, 0.3) is 0 Å². The van der Waals surface area contributed by atoms with Crippen LogP contribution in [0.3, 0.4) is 0 Å². The van der Waals surface area contributed by atoms with E-state index in [4.69, 9.17) is 0 Å². The third kappa shape index (κ3) is 0.335. The van der Waals surface area contributed by atoms with Gasteiger partial charge >= 0.3 is 0 Å². The van der Waals surface area contributed by atoms with E-state index < -0.39 is 0 Å². The summed E-state index contributed by atoms with van der Waals surface area (Å²) in [6.07, 6.45) is 3.94. The smallest absolute Gasteiger partial charge is 0.00201 e. The minimum Gasteiger partial charge on any atom is -0.0552 e. The van der Waals surface area contributed by atoms with Gasteiger partial charge in [0.2, 0.25) is 0 Å². The van der Waals surface area contributed by atoms with Gasteiger partial charge in [-0.1, -0.05) is 12.1 Å². The van der Waals surface area contributed by atoms with Crippen molar-refractivity contribution >= 4 is 0 Å². The SMILES string of the molecule is c1c2c3cc(c1CC2)C3. The first-order valence-corrected chi connectivity index (χ1v) is 3.57. The molecule has 0 aliphatic heterocycles. The summed E-state index contributed by atoms with van der Waals surface area (Å²) in [6.45, 7) is 0. The number of rotatable bonds is 0. The first-order valence-electron chi connectivity index (χ1n) is 3.57. The maximum Gasteiger partial charge on any atom is -0.00201 e. The molecular formula is C9H8. The van der Waals surface area contributed by atoms with Crippen LogP contribution < -0.4 is 0 Å². The van der Waals surface area contributed by atoms with Gasteiger partial charge in [0, 0.05) is 0 Å². The van der Waals surface area contributed by atoms with Crippen LogP contribution in [0.2, 0.25) is 0 Å². The standard InChI is InChI=1S/C9H8/c1-2-7-3-6(1)8-4-9(7)5-8/h3-4H,1-2,5H2. The van der Waals surface area contributed by atoms with Crippen molar-refractivity contribution in [3.63, 3.8) is 0 Å². The Morgan fingerprint density at radius 3 is 1.78 bits per heavy atom. The van der Waals surface area contributed by atoms with E-state index in [2.05, 4.69) is 12.1 Å². The van der Waals surface area contributed by atoms with Gasteiger partial charge in [0.15, 0.2) is 0 Å². The fourth-order valence-electron chi connectivity index (χ4n) is 1.93. The zero-order valence-electron chi connectivity index (χ0n) is 5.28. The lowest BCUT2D eigenvalue weighted by Gasteiger charge is -2.16. The van der Waals surface area contributed by atoms with Crippen LogP contribution in [-0.2, 0) is 19.3 Å². The molecule has 3 aliphatic carbocycles. The summed E-state index contributed by atoms with van der Waals surface area (Å²) in [4.78, 5) is 0. The second-order valence-electron chi connectivity index (χ2n) is 3.07. The van der Waals surface area contributed by atoms with E-state index in [1.165, 1.54) is 19.3 Å². The molecule has 44 valence electrons.